The molecular formula is C16H22N2O3. The van der Waals surface area contributed by atoms with Gasteiger partial charge in [0.25, 0.3) is 0 Å². The van der Waals surface area contributed by atoms with Crippen LogP contribution in [0.4, 0.5) is 4.79 Å². The fourth-order valence-corrected chi connectivity index (χ4v) is 3.25. The van der Waals surface area contributed by atoms with Crippen molar-refractivity contribution in [2.24, 2.45) is 5.92 Å². The number of rotatable bonds is 4. The molecule has 1 amide bonds. The summed E-state index contributed by atoms with van der Waals surface area (Å²) >= 11 is 0. The summed E-state index contributed by atoms with van der Waals surface area (Å²) in [5.41, 5.74) is 0.868. The van der Waals surface area contributed by atoms with Gasteiger partial charge in [-0.2, -0.15) is 0 Å². The van der Waals surface area contributed by atoms with Gasteiger partial charge in [-0.1, -0.05) is 12.1 Å². The predicted octanol–water partition coefficient (Wildman–Crippen LogP) is 2.02. The summed E-state index contributed by atoms with van der Waals surface area (Å²) in [5.74, 6) is 1.27. The molecule has 0 spiro atoms. The van der Waals surface area contributed by atoms with E-state index in [1.165, 1.54) is 0 Å². The lowest BCUT2D eigenvalue weighted by Gasteiger charge is -2.36. The molecule has 21 heavy (non-hydrogen) atoms. The average molecular weight is 290 g/mol. The highest BCUT2D eigenvalue weighted by Crippen LogP contribution is 2.36. The van der Waals surface area contributed by atoms with Gasteiger partial charge in [0.05, 0.1) is 12.6 Å². The number of ether oxygens (including phenoxy) is 2. The van der Waals surface area contributed by atoms with Gasteiger partial charge in [-0.25, -0.2) is 4.79 Å². The van der Waals surface area contributed by atoms with Crippen LogP contribution in [0.25, 0.3) is 0 Å². The number of cyclic esters (lactones) is 1. The first kappa shape index (κ1) is 14.2. The van der Waals surface area contributed by atoms with Crippen LogP contribution in [0.5, 0.6) is 5.75 Å². The highest BCUT2D eigenvalue weighted by Gasteiger charge is 2.49. The zero-order chi connectivity index (χ0) is 14.9. The van der Waals surface area contributed by atoms with Crippen LogP contribution in [0.15, 0.2) is 24.3 Å². The average Bonchev–Trinajstić information content (AvgIpc) is 3.13. The quantitative estimate of drug-likeness (QED) is 0.921. The number of nitrogens with zero attached hydrogens (tertiary/aromatic N) is 1. The maximum Gasteiger partial charge on any atom is 0.410 e. The topological polar surface area (TPSA) is 50.8 Å². The van der Waals surface area contributed by atoms with E-state index in [0.29, 0.717) is 19.1 Å². The Bertz CT molecular complexity index is 511. The molecule has 5 heteroatoms. The molecule has 2 heterocycles. The highest BCUT2D eigenvalue weighted by atomic mass is 16.6. The van der Waals surface area contributed by atoms with Crippen LogP contribution in [-0.2, 0) is 11.3 Å². The fraction of sp³-hybridized carbons (Fsp3) is 0.562. The lowest BCUT2D eigenvalue weighted by molar-refractivity contribution is 0.117. The van der Waals surface area contributed by atoms with Crippen molar-refractivity contribution in [1.82, 2.24) is 10.2 Å². The smallest absolute Gasteiger partial charge is 0.410 e. The third-order valence-electron chi connectivity index (χ3n) is 4.76. The van der Waals surface area contributed by atoms with E-state index in [4.69, 9.17) is 9.47 Å². The second kappa shape index (κ2) is 5.56. The highest BCUT2D eigenvalue weighted by molar-refractivity contribution is 5.71. The lowest BCUT2D eigenvalue weighted by atomic mass is 9.84. The summed E-state index contributed by atoms with van der Waals surface area (Å²) in [4.78, 5) is 14.0. The van der Waals surface area contributed by atoms with Crippen molar-refractivity contribution in [3.63, 3.8) is 0 Å². The van der Waals surface area contributed by atoms with E-state index in [1.807, 2.05) is 29.2 Å². The van der Waals surface area contributed by atoms with E-state index < -0.39 is 0 Å². The summed E-state index contributed by atoms with van der Waals surface area (Å²) in [7, 11) is 1.65. The van der Waals surface area contributed by atoms with Crippen molar-refractivity contribution in [3.8, 4) is 5.75 Å². The van der Waals surface area contributed by atoms with E-state index in [9.17, 15) is 4.79 Å². The van der Waals surface area contributed by atoms with Gasteiger partial charge in [0, 0.05) is 13.1 Å². The lowest BCUT2D eigenvalue weighted by Crippen LogP contribution is -2.50. The molecular weight excluding hydrogens is 268 g/mol. The Hall–Kier alpha value is -1.75. The SMILES string of the molecule is COc1ccc(CN2C(=O)OCC2(C)C2CCNC2)cc1. The van der Waals surface area contributed by atoms with Crippen molar-refractivity contribution in [3.05, 3.63) is 29.8 Å². The van der Waals surface area contributed by atoms with Gasteiger partial charge < -0.3 is 14.8 Å². The number of hydrogen-bond acceptors (Lipinski definition) is 4. The normalized spacial score (nSPS) is 28.8. The van der Waals surface area contributed by atoms with Gasteiger partial charge in [-0.3, -0.25) is 4.90 Å². The van der Waals surface area contributed by atoms with Gasteiger partial charge in [0.2, 0.25) is 0 Å². The molecule has 0 saturated carbocycles. The van der Waals surface area contributed by atoms with Crippen LogP contribution in [0.1, 0.15) is 18.9 Å². The zero-order valence-electron chi connectivity index (χ0n) is 12.6. The van der Waals surface area contributed by atoms with Crippen molar-refractivity contribution in [2.75, 3.05) is 26.8 Å². The Morgan fingerprint density at radius 2 is 2.19 bits per heavy atom. The van der Waals surface area contributed by atoms with Crippen LogP contribution in [0.3, 0.4) is 0 Å². The molecule has 2 saturated heterocycles. The van der Waals surface area contributed by atoms with Crippen LogP contribution in [0.2, 0.25) is 0 Å². The van der Waals surface area contributed by atoms with E-state index in [-0.39, 0.29) is 11.6 Å². The van der Waals surface area contributed by atoms with Gasteiger partial charge in [-0.15, -0.1) is 0 Å². The first-order chi connectivity index (χ1) is 10.1. The van der Waals surface area contributed by atoms with Gasteiger partial charge in [0.1, 0.15) is 12.4 Å². The van der Waals surface area contributed by atoms with Gasteiger partial charge in [0.15, 0.2) is 0 Å². The Labute approximate surface area is 125 Å². The number of carbonyl (C=O) groups is 1. The molecule has 0 radical (unpaired) electrons. The summed E-state index contributed by atoms with van der Waals surface area (Å²) in [5, 5.41) is 3.38. The molecule has 2 unspecified atom stereocenters. The second-order valence-electron chi connectivity index (χ2n) is 6.04. The largest absolute Gasteiger partial charge is 0.497 e. The molecule has 0 aromatic heterocycles. The predicted molar refractivity (Wildman–Crippen MR) is 79.3 cm³/mol. The Morgan fingerprint density at radius 3 is 2.81 bits per heavy atom. The Balaban J connectivity index is 1.78. The summed E-state index contributed by atoms with van der Waals surface area (Å²) in [6.45, 7) is 5.17. The molecule has 0 aliphatic carbocycles. The number of methoxy groups -OCH3 is 1. The number of nitrogens with one attached hydrogen (secondary N) is 1. The van der Waals surface area contributed by atoms with Crippen molar-refractivity contribution in [2.45, 2.75) is 25.4 Å². The standard InChI is InChI=1S/C16H22N2O3/c1-16(13-7-8-17-9-13)11-21-15(19)18(16)10-12-3-5-14(20-2)6-4-12/h3-6,13,17H,7-11H2,1-2H3. The first-order valence-corrected chi connectivity index (χ1v) is 7.41. The molecule has 1 N–H and O–H groups in total. The minimum Gasteiger partial charge on any atom is -0.497 e. The Morgan fingerprint density at radius 1 is 1.43 bits per heavy atom. The van der Waals surface area contributed by atoms with Gasteiger partial charge in [-0.05, 0) is 43.5 Å². The maximum absolute atomic E-state index is 12.1. The number of hydrogen-bond donors (Lipinski definition) is 1. The molecule has 2 aliphatic heterocycles. The number of carbonyl (C=O) groups excluding carboxylic acids is 1. The minimum atomic E-state index is -0.222. The van der Waals surface area contributed by atoms with Crippen molar-refractivity contribution >= 4 is 6.09 Å². The van der Waals surface area contributed by atoms with Crippen LogP contribution in [-0.4, -0.2) is 43.3 Å². The number of benzene rings is 1. The molecule has 5 nitrogen and oxygen atoms in total. The number of amides is 1. The van der Waals surface area contributed by atoms with Crippen molar-refractivity contribution < 1.29 is 14.3 Å². The molecule has 1 aromatic rings. The molecule has 1 aromatic carbocycles. The van der Waals surface area contributed by atoms with Crippen LogP contribution >= 0.6 is 0 Å². The molecule has 2 aliphatic rings. The third-order valence-corrected chi connectivity index (χ3v) is 4.76. The van der Waals surface area contributed by atoms with Crippen LogP contribution < -0.4 is 10.1 Å². The molecule has 2 atom stereocenters. The molecule has 3 rings (SSSR count). The molecule has 114 valence electrons. The molecule has 0 bridgehead atoms. The monoisotopic (exact) mass is 290 g/mol. The maximum atomic E-state index is 12.1. The van der Waals surface area contributed by atoms with Crippen LogP contribution in [0, 0.1) is 5.92 Å². The summed E-state index contributed by atoms with van der Waals surface area (Å²) < 4.78 is 10.5. The summed E-state index contributed by atoms with van der Waals surface area (Å²) in [6.07, 6.45) is 0.881. The van der Waals surface area contributed by atoms with E-state index in [1.54, 1.807) is 7.11 Å². The minimum absolute atomic E-state index is 0.208. The molecule has 2 fully saturated rings. The van der Waals surface area contributed by atoms with E-state index in [0.717, 1.165) is 30.8 Å². The van der Waals surface area contributed by atoms with E-state index >= 15 is 0 Å². The van der Waals surface area contributed by atoms with Crippen molar-refractivity contribution in [1.29, 1.82) is 0 Å². The van der Waals surface area contributed by atoms with Gasteiger partial charge >= 0.3 is 6.09 Å². The second-order valence-corrected chi connectivity index (χ2v) is 6.04. The first-order valence-electron chi connectivity index (χ1n) is 7.41. The third kappa shape index (κ3) is 2.58. The zero-order valence-corrected chi connectivity index (χ0v) is 12.6. The fourth-order valence-electron chi connectivity index (χ4n) is 3.25. The summed E-state index contributed by atoms with van der Waals surface area (Å²) in [6, 6.07) is 7.84. The Kier molecular flexibility index (Phi) is 3.76. The van der Waals surface area contributed by atoms with E-state index in [2.05, 4.69) is 12.2 Å².